The zero-order valence-electron chi connectivity index (χ0n) is 11.1. The van der Waals surface area contributed by atoms with Gasteiger partial charge in [0, 0.05) is 31.6 Å². The summed E-state index contributed by atoms with van der Waals surface area (Å²) in [5.74, 6) is 0.531. The van der Waals surface area contributed by atoms with Gasteiger partial charge in [-0.3, -0.25) is 0 Å². The summed E-state index contributed by atoms with van der Waals surface area (Å²) in [6, 6.07) is 3.42. The molecule has 2 heterocycles. The van der Waals surface area contributed by atoms with E-state index in [1.165, 1.54) is 6.26 Å². The van der Waals surface area contributed by atoms with Crippen LogP contribution in [-0.2, 0) is 9.84 Å². The molecule has 19 heavy (non-hydrogen) atoms. The van der Waals surface area contributed by atoms with E-state index in [-0.39, 0.29) is 17.5 Å². The van der Waals surface area contributed by atoms with Crippen LogP contribution in [0.1, 0.15) is 25.7 Å². The van der Waals surface area contributed by atoms with Gasteiger partial charge in [0.2, 0.25) is 0 Å². The van der Waals surface area contributed by atoms with Gasteiger partial charge in [-0.25, -0.2) is 13.4 Å². The van der Waals surface area contributed by atoms with Crippen LogP contribution in [0.4, 0.5) is 5.82 Å². The Bertz CT molecular complexity index is 528. The van der Waals surface area contributed by atoms with Crippen LogP contribution in [0.3, 0.4) is 0 Å². The molecule has 106 valence electrons. The van der Waals surface area contributed by atoms with E-state index in [1.54, 1.807) is 18.3 Å². The van der Waals surface area contributed by atoms with Crippen LogP contribution in [-0.4, -0.2) is 44.0 Å². The molecule has 5 nitrogen and oxygen atoms in total. The fraction of sp³-hybridized carbons (Fsp3) is 0.615. The van der Waals surface area contributed by atoms with E-state index >= 15 is 0 Å². The van der Waals surface area contributed by atoms with Crippen molar-refractivity contribution in [2.75, 3.05) is 24.3 Å². The van der Waals surface area contributed by atoms with Gasteiger partial charge in [-0.2, -0.15) is 0 Å². The molecule has 6 heteroatoms. The molecule has 1 aromatic heterocycles. The summed E-state index contributed by atoms with van der Waals surface area (Å²) in [5, 5.41) is 9.15. The lowest BCUT2D eigenvalue weighted by Crippen LogP contribution is -2.41. The highest BCUT2D eigenvalue weighted by atomic mass is 32.2. The van der Waals surface area contributed by atoms with Gasteiger partial charge in [-0.1, -0.05) is 0 Å². The number of hydrogen-bond donors (Lipinski definition) is 1. The maximum atomic E-state index is 11.8. The normalized spacial score (nSPS) is 20.5. The highest BCUT2D eigenvalue weighted by molar-refractivity contribution is 7.90. The van der Waals surface area contributed by atoms with Crippen LogP contribution in [0.15, 0.2) is 23.2 Å². The van der Waals surface area contributed by atoms with Gasteiger partial charge in [0.25, 0.3) is 0 Å². The van der Waals surface area contributed by atoms with Crippen molar-refractivity contribution in [3.05, 3.63) is 18.3 Å². The topological polar surface area (TPSA) is 70.5 Å². The molecule has 0 bridgehead atoms. The second-order valence-corrected chi connectivity index (χ2v) is 6.94. The fourth-order valence-electron chi connectivity index (χ4n) is 2.62. The molecular formula is C13H20N2O3S. The Morgan fingerprint density at radius 3 is 2.95 bits per heavy atom. The minimum Gasteiger partial charge on any atom is -0.396 e. The molecule has 1 unspecified atom stereocenters. The average molecular weight is 284 g/mol. The Hall–Kier alpha value is -1.14. The predicted octanol–water partition coefficient (Wildman–Crippen LogP) is 1.23. The van der Waals surface area contributed by atoms with E-state index < -0.39 is 9.84 Å². The lowest BCUT2D eigenvalue weighted by atomic mass is 9.99. The van der Waals surface area contributed by atoms with Gasteiger partial charge < -0.3 is 10.0 Å². The third-order valence-electron chi connectivity index (χ3n) is 3.51. The van der Waals surface area contributed by atoms with Crippen molar-refractivity contribution in [3.63, 3.8) is 0 Å². The first-order valence-corrected chi connectivity index (χ1v) is 8.46. The van der Waals surface area contributed by atoms with Gasteiger partial charge in [0.1, 0.15) is 10.7 Å². The summed E-state index contributed by atoms with van der Waals surface area (Å²) < 4.78 is 23.7. The molecule has 1 saturated heterocycles. The Labute approximate surface area is 114 Å². The number of anilines is 1. The van der Waals surface area contributed by atoms with Crippen molar-refractivity contribution < 1.29 is 13.5 Å². The molecule has 0 radical (unpaired) electrons. The molecule has 0 aromatic carbocycles. The average Bonchev–Trinajstić information content (AvgIpc) is 2.39. The van der Waals surface area contributed by atoms with E-state index in [2.05, 4.69) is 4.98 Å². The summed E-state index contributed by atoms with van der Waals surface area (Å²) >= 11 is 0. The van der Waals surface area contributed by atoms with Crippen molar-refractivity contribution in [2.45, 2.75) is 36.6 Å². The van der Waals surface area contributed by atoms with Crippen LogP contribution in [0.25, 0.3) is 0 Å². The van der Waals surface area contributed by atoms with Gasteiger partial charge >= 0.3 is 0 Å². The van der Waals surface area contributed by atoms with Gasteiger partial charge in [0.05, 0.1) is 0 Å². The quantitative estimate of drug-likeness (QED) is 0.900. The van der Waals surface area contributed by atoms with E-state index in [9.17, 15) is 8.42 Å². The molecule has 1 aliphatic rings. The molecule has 0 saturated carbocycles. The minimum atomic E-state index is -3.29. The third-order valence-corrected chi connectivity index (χ3v) is 4.63. The molecule has 1 N–H and O–H groups in total. The van der Waals surface area contributed by atoms with Gasteiger partial charge in [-0.05, 0) is 37.8 Å². The largest absolute Gasteiger partial charge is 0.396 e. The minimum absolute atomic E-state index is 0.113. The fourth-order valence-corrected chi connectivity index (χ4v) is 3.44. The summed E-state index contributed by atoms with van der Waals surface area (Å²) in [6.07, 6.45) is 6.59. The van der Waals surface area contributed by atoms with Gasteiger partial charge in [0.15, 0.2) is 9.84 Å². The van der Waals surface area contributed by atoms with Crippen molar-refractivity contribution in [1.82, 2.24) is 4.98 Å². The summed E-state index contributed by atoms with van der Waals surface area (Å²) in [5.41, 5.74) is 0. The van der Waals surface area contributed by atoms with Crippen LogP contribution in [0.2, 0.25) is 0 Å². The number of aliphatic hydroxyl groups is 1. The molecule has 1 atom stereocenters. The van der Waals surface area contributed by atoms with Crippen molar-refractivity contribution in [1.29, 1.82) is 0 Å². The molecule has 1 fully saturated rings. The van der Waals surface area contributed by atoms with E-state index in [0.717, 1.165) is 25.8 Å². The van der Waals surface area contributed by atoms with E-state index in [0.29, 0.717) is 12.2 Å². The van der Waals surface area contributed by atoms with E-state index in [1.807, 2.05) is 4.90 Å². The van der Waals surface area contributed by atoms with Crippen LogP contribution >= 0.6 is 0 Å². The highest BCUT2D eigenvalue weighted by Gasteiger charge is 2.27. The second-order valence-electron chi connectivity index (χ2n) is 4.95. The first-order chi connectivity index (χ1) is 9.04. The van der Waals surface area contributed by atoms with E-state index in [4.69, 9.17) is 5.11 Å². The molecule has 1 aromatic rings. The lowest BCUT2D eigenvalue weighted by molar-refractivity contribution is 0.262. The third kappa shape index (κ3) is 3.25. The number of hydrogen-bond acceptors (Lipinski definition) is 5. The Morgan fingerprint density at radius 1 is 1.47 bits per heavy atom. The first kappa shape index (κ1) is 14.3. The van der Waals surface area contributed by atoms with Crippen LogP contribution in [0, 0.1) is 0 Å². The number of aromatic nitrogens is 1. The Kier molecular flexibility index (Phi) is 4.42. The molecular weight excluding hydrogens is 264 g/mol. The first-order valence-electron chi connectivity index (χ1n) is 6.56. The summed E-state index contributed by atoms with van der Waals surface area (Å²) in [4.78, 5) is 6.58. The smallest absolute Gasteiger partial charge is 0.179 e. The number of nitrogens with zero attached hydrogens (tertiary/aromatic N) is 2. The Morgan fingerprint density at radius 2 is 2.26 bits per heavy atom. The van der Waals surface area contributed by atoms with Crippen molar-refractivity contribution >= 4 is 15.7 Å². The molecule has 0 amide bonds. The molecule has 0 aliphatic carbocycles. The number of sulfone groups is 1. The summed E-state index contributed by atoms with van der Waals surface area (Å²) in [7, 11) is -3.29. The SMILES string of the molecule is CS(=O)(=O)c1cccnc1N1CCCCC1CCO. The van der Waals surface area contributed by atoms with Gasteiger partial charge in [-0.15, -0.1) is 0 Å². The van der Waals surface area contributed by atoms with Crippen molar-refractivity contribution in [2.24, 2.45) is 0 Å². The maximum Gasteiger partial charge on any atom is 0.179 e. The zero-order valence-corrected chi connectivity index (χ0v) is 11.9. The molecule has 1 aliphatic heterocycles. The number of aliphatic hydroxyl groups excluding tert-OH is 1. The lowest BCUT2D eigenvalue weighted by Gasteiger charge is -2.37. The number of pyridine rings is 1. The predicted molar refractivity (Wildman–Crippen MR) is 74.0 cm³/mol. The number of rotatable bonds is 4. The monoisotopic (exact) mass is 284 g/mol. The second kappa shape index (κ2) is 5.88. The molecule has 0 spiro atoms. The molecule has 2 rings (SSSR count). The van der Waals surface area contributed by atoms with Crippen LogP contribution in [0.5, 0.6) is 0 Å². The van der Waals surface area contributed by atoms with Crippen molar-refractivity contribution in [3.8, 4) is 0 Å². The standard InChI is InChI=1S/C13H20N2O3S/c1-19(17,18)12-6-4-8-14-13(12)15-9-3-2-5-11(15)7-10-16/h4,6,8,11,16H,2-3,5,7,9-10H2,1H3. The number of piperidine rings is 1. The maximum absolute atomic E-state index is 11.8. The summed E-state index contributed by atoms with van der Waals surface area (Å²) in [6.45, 7) is 0.909. The highest BCUT2D eigenvalue weighted by Crippen LogP contribution is 2.29. The zero-order chi connectivity index (χ0) is 13.9. The Balaban J connectivity index is 2.39. The van der Waals surface area contributed by atoms with Crippen LogP contribution < -0.4 is 4.90 Å².